The van der Waals surface area contributed by atoms with Crippen LogP contribution in [0.3, 0.4) is 0 Å². The first-order chi connectivity index (χ1) is 17.2. The fourth-order valence-electron chi connectivity index (χ4n) is 4.70. The van der Waals surface area contributed by atoms with Crippen LogP contribution in [0.2, 0.25) is 0 Å². The summed E-state index contributed by atoms with van der Waals surface area (Å²) in [5.41, 5.74) is 3.31. The summed E-state index contributed by atoms with van der Waals surface area (Å²) in [6.07, 6.45) is 3.48. The first kappa shape index (κ1) is 24.1. The highest BCUT2D eigenvalue weighted by atomic mass is 32.2. The Morgan fingerprint density at radius 1 is 1.00 bits per heavy atom. The highest BCUT2D eigenvalue weighted by Crippen LogP contribution is 2.43. The van der Waals surface area contributed by atoms with Crippen LogP contribution in [0.1, 0.15) is 29.5 Å². The smallest absolute Gasteiger partial charge is 0.339 e. The second kappa shape index (κ2) is 9.44. The van der Waals surface area contributed by atoms with Gasteiger partial charge >= 0.3 is 16.1 Å². The third-order valence-electron chi connectivity index (χ3n) is 6.64. The van der Waals surface area contributed by atoms with Gasteiger partial charge < -0.3 is 14.0 Å². The van der Waals surface area contributed by atoms with Gasteiger partial charge in [-0.3, -0.25) is 9.69 Å². The number of carboxylic acids is 1. The molecule has 1 spiro atoms. The second-order valence-electron chi connectivity index (χ2n) is 9.27. The summed E-state index contributed by atoms with van der Waals surface area (Å²) in [6, 6.07) is 21.4. The van der Waals surface area contributed by atoms with E-state index in [2.05, 4.69) is 6.08 Å². The summed E-state index contributed by atoms with van der Waals surface area (Å²) in [6.45, 7) is 3.17. The van der Waals surface area contributed by atoms with E-state index in [9.17, 15) is 13.2 Å². The van der Waals surface area contributed by atoms with E-state index in [1.54, 1.807) is 24.3 Å². The predicted octanol–water partition coefficient (Wildman–Crippen LogP) is 4.51. The highest BCUT2D eigenvalue weighted by Gasteiger charge is 2.39. The largest absolute Gasteiger partial charge is 0.482 e. The number of benzene rings is 3. The Balaban J connectivity index is 1.41. The molecular formula is C28H27NO6S. The normalized spacial score (nSPS) is 17.1. The molecule has 3 aromatic rings. The van der Waals surface area contributed by atoms with Gasteiger partial charge in [0.05, 0.1) is 6.54 Å². The standard InChI is InChI=1S/C28H27NO6S/c1-20-6-12-23(13-7-20)36(32,33)35-22-10-8-21(9-11-22)25-18-28(34-26-5-3-2-4-24(25)26)14-16-29(17-15-28)19-27(30)31/h2-13,18H,14-17,19H2,1H3,(H,30,31). The molecule has 8 heteroatoms. The number of rotatable bonds is 6. The molecule has 2 heterocycles. The molecule has 0 amide bonds. The second-order valence-corrected chi connectivity index (χ2v) is 10.8. The van der Waals surface area contributed by atoms with Gasteiger partial charge in [0, 0.05) is 31.5 Å². The molecule has 5 rings (SSSR count). The van der Waals surface area contributed by atoms with Crippen LogP contribution < -0.4 is 8.92 Å². The van der Waals surface area contributed by atoms with Crippen LogP contribution in [0.5, 0.6) is 11.5 Å². The first-order valence-electron chi connectivity index (χ1n) is 11.8. The third kappa shape index (κ3) is 5.01. The average Bonchev–Trinajstić information content (AvgIpc) is 2.85. The fraction of sp³-hybridized carbons (Fsp3) is 0.250. The minimum atomic E-state index is -3.93. The monoisotopic (exact) mass is 505 g/mol. The number of ether oxygens (including phenoxy) is 1. The van der Waals surface area contributed by atoms with E-state index in [1.807, 2.05) is 48.2 Å². The average molecular weight is 506 g/mol. The van der Waals surface area contributed by atoms with Crippen molar-refractivity contribution >= 4 is 21.7 Å². The molecule has 2 aliphatic heterocycles. The number of piperidine rings is 1. The Kier molecular flexibility index (Phi) is 6.32. The van der Waals surface area contributed by atoms with Gasteiger partial charge in [0.15, 0.2) is 0 Å². The van der Waals surface area contributed by atoms with E-state index < -0.39 is 21.7 Å². The zero-order valence-corrected chi connectivity index (χ0v) is 20.7. The Morgan fingerprint density at radius 2 is 1.67 bits per heavy atom. The molecule has 0 aliphatic carbocycles. The molecule has 0 bridgehead atoms. The molecule has 7 nitrogen and oxygen atoms in total. The molecule has 2 aliphatic rings. The van der Waals surface area contributed by atoms with Crippen molar-refractivity contribution in [1.29, 1.82) is 0 Å². The number of carbonyl (C=O) groups is 1. The Labute approximate surface area is 210 Å². The number of hydrogen-bond donors (Lipinski definition) is 1. The molecule has 0 unspecified atom stereocenters. The number of likely N-dealkylation sites (tertiary alicyclic amines) is 1. The number of nitrogens with zero attached hydrogens (tertiary/aromatic N) is 1. The van der Waals surface area contributed by atoms with Crippen LogP contribution >= 0.6 is 0 Å². The van der Waals surface area contributed by atoms with Gasteiger partial charge in [0.2, 0.25) is 0 Å². The minimum Gasteiger partial charge on any atom is -0.482 e. The number of fused-ring (bicyclic) bond motifs is 1. The Morgan fingerprint density at radius 3 is 2.33 bits per heavy atom. The van der Waals surface area contributed by atoms with Gasteiger partial charge in [-0.1, -0.05) is 48.0 Å². The van der Waals surface area contributed by atoms with Crippen molar-refractivity contribution in [2.45, 2.75) is 30.3 Å². The maximum Gasteiger partial charge on any atom is 0.339 e. The van der Waals surface area contributed by atoms with Gasteiger partial charge in [0.1, 0.15) is 22.0 Å². The van der Waals surface area contributed by atoms with Crippen LogP contribution in [0.4, 0.5) is 0 Å². The van der Waals surface area contributed by atoms with Crippen LogP contribution in [0, 0.1) is 6.92 Å². The number of para-hydroxylation sites is 1. The fourth-order valence-corrected chi connectivity index (χ4v) is 5.63. The van der Waals surface area contributed by atoms with Gasteiger partial charge in [-0.15, -0.1) is 0 Å². The van der Waals surface area contributed by atoms with E-state index in [-0.39, 0.29) is 17.2 Å². The zero-order valence-electron chi connectivity index (χ0n) is 19.9. The quantitative estimate of drug-likeness (QED) is 0.493. The van der Waals surface area contributed by atoms with E-state index in [0.29, 0.717) is 25.9 Å². The number of hydrogen-bond acceptors (Lipinski definition) is 6. The van der Waals surface area contributed by atoms with E-state index in [4.69, 9.17) is 14.0 Å². The molecule has 1 fully saturated rings. The SMILES string of the molecule is Cc1ccc(S(=O)(=O)Oc2ccc(C3=CC4(CCN(CC(=O)O)CC4)Oc4ccccc43)cc2)cc1. The van der Waals surface area contributed by atoms with Gasteiger partial charge in [0.25, 0.3) is 0 Å². The van der Waals surface area contributed by atoms with Crippen molar-refractivity contribution in [3.8, 4) is 11.5 Å². The molecule has 0 aromatic heterocycles. The maximum atomic E-state index is 12.7. The topological polar surface area (TPSA) is 93.1 Å². The lowest BCUT2D eigenvalue weighted by Crippen LogP contribution is -2.49. The van der Waals surface area contributed by atoms with Gasteiger partial charge in [-0.05, 0) is 54.5 Å². The zero-order chi connectivity index (χ0) is 25.3. The van der Waals surface area contributed by atoms with Crippen molar-refractivity contribution in [3.05, 3.63) is 95.6 Å². The van der Waals surface area contributed by atoms with E-state index >= 15 is 0 Å². The number of aryl methyl sites for hydroxylation is 1. The van der Waals surface area contributed by atoms with Crippen molar-refractivity contribution in [1.82, 2.24) is 4.90 Å². The van der Waals surface area contributed by atoms with Crippen molar-refractivity contribution in [2.24, 2.45) is 0 Å². The predicted molar refractivity (Wildman–Crippen MR) is 136 cm³/mol. The van der Waals surface area contributed by atoms with Crippen molar-refractivity contribution in [3.63, 3.8) is 0 Å². The summed E-state index contributed by atoms with van der Waals surface area (Å²) in [7, 11) is -3.93. The molecule has 36 heavy (non-hydrogen) atoms. The lowest BCUT2D eigenvalue weighted by atomic mass is 9.83. The number of aliphatic carboxylic acids is 1. The maximum absolute atomic E-state index is 12.7. The Bertz CT molecular complexity index is 1400. The van der Waals surface area contributed by atoms with Crippen LogP contribution in [-0.4, -0.2) is 49.6 Å². The minimum absolute atomic E-state index is 0.0240. The summed E-state index contributed by atoms with van der Waals surface area (Å²) in [5.74, 6) is 0.185. The summed E-state index contributed by atoms with van der Waals surface area (Å²) in [5, 5.41) is 9.12. The summed E-state index contributed by atoms with van der Waals surface area (Å²) in [4.78, 5) is 13.1. The molecule has 0 radical (unpaired) electrons. The molecular weight excluding hydrogens is 478 g/mol. The summed E-state index contributed by atoms with van der Waals surface area (Å²) >= 11 is 0. The molecule has 186 valence electrons. The number of carboxylic acid groups (broad SMARTS) is 1. The van der Waals surface area contributed by atoms with Gasteiger partial charge in [-0.25, -0.2) is 0 Å². The van der Waals surface area contributed by atoms with Crippen LogP contribution in [-0.2, 0) is 14.9 Å². The van der Waals surface area contributed by atoms with Crippen molar-refractivity contribution in [2.75, 3.05) is 19.6 Å². The molecule has 1 saturated heterocycles. The van der Waals surface area contributed by atoms with E-state index in [1.165, 1.54) is 12.1 Å². The molecule has 0 saturated carbocycles. The lowest BCUT2D eigenvalue weighted by molar-refractivity contribution is -0.139. The molecule has 1 N–H and O–H groups in total. The highest BCUT2D eigenvalue weighted by molar-refractivity contribution is 7.87. The summed E-state index contributed by atoms with van der Waals surface area (Å²) < 4.78 is 37.2. The van der Waals surface area contributed by atoms with Gasteiger partial charge in [-0.2, -0.15) is 8.42 Å². The van der Waals surface area contributed by atoms with E-state index in [0.717, 1.165) is 28.0 Å². The Hall–Kier alpha value is -3.62. The molecule has 3 aromatic carbocycles. The first-order valence-corrected chi connectivity index (χ1v) is 13.2. The lowest BCUT2D eigenvalue weighted by Gasteiger charge is -2.42. The van der Waals surface area contributed by atoms with Crippen molar-refractivity contribution < 1.29 is 27.2 Å². The molecule has 0 atom stereocenters. The third-order valence-corrected chi connectivity index (χ3v) is 7.90. The van der Waals surface area contributed by atoms with Crippen LogP contribution in [0.25, 0.3) is 5.57 Å². The van der Waals surface area contributed by atoms with Crippen LogP contribution in [0.15, 0.2) is 83.8 Å².